The van der Waals surface area contributed by atoms with Crippen LogP contribution < -0.4 is 16.0 Å². The summed E-state index contributed by atoms with van der Waals surface area (Å²) < 4.78 is 5.38. The molecule has 0 atom stereocenters. The Balaban J connectivity index is 1.98. The lowest BCUT2D eigenvalue weighted by Crippen LogP contribution is -2.39. The Morgan fingerprint density at radius 3 is 2.18 bits per heavy atom. The molecule has 3 N–H and O–H groups in total. The molecule has 8 heteroatoms. The summed E-state index contributed by atoms with van der Waals surface area (Å²) in [6.07, 6.45) is 3.89. The van der Waals surface area contributed by atoms with E-state index in [4.69, 9.17) is 4.74 Å². The topological polar surface area (TPSA) is 114 Å². The monoisotopic (exact) mass is 397 g/mol. The maximum Gasteiger partial charge on any atom is 0.222 e. The maximum atomic E-state index is 11.9. The maximum absolute atomic E-state index is 11.9. The number of hydrogen-bond acceptors (Lipinski definition) is 5. The minimum absolute atomic E-state index is 0.0452. The molecule has 160 valence electrons. The summed E-state index contributed by atoms with van der Waals surface area (Å²) in [4.78, 5) is 46.3. The Kier molecular flexibility index (Phi) is 11.4. The molecule has 0 saturated heterocycles. The lowest BCUT2D eigenvalue weighted by atomic mass is 9.84. The molecule has 28 heavy (non-hydrogen) atoms. The second-order valence-corrected chi connectivity index (χ2v) is 7.63. The van der Waals surface area contributed by atoms with Gasteiger partial charge in [-0.15, -0.1) is 0 Å². The number of rotatable bonds is 12. The van der Waals surface area contributed by atoms with Gasteiger partial charge in [0.15, 0.2) is 0 Å². The number of nitrogens with one attached hydrogen (secondary N) is 3. The molecule has 0 aromatic heterocycles. The van der Waals surface area contributed by atoms with E-state index >= 15 is 0 Å². The molecule has 0 unspecified atom stereocenters. The lowest BCUT2D eigenvalue weighted by Gasteiger charge is -2.27. The van der Waals surface area contributed by atoms with Crippen molar-refractivity contribution in [3.63, 3.8) is 0 Å². The van der Waals surface area contributed by atoms with Crippen molar-refractivity contribution in [2.75, 3.05) is 26.3 Å². The van der Waals surface area contributed by atoms with Gasteiger partial charge in [-0.2, -0.15) is 0 Å². The van der Waals surface area contributed by atoms with Gasteiger partial charge < -0.3 is 20.7 Å². The standard InChI is InChI=1S/C20H35N3O5/c1-14(2)20(27)22-10-8-18(25)21-11-13-28-12-9-19(26)23-17-6-4-16(5-7-17)15(3)24/h14,16-17H,4-13H2,1-3H3,(H,21,25)(H,22,27)(H,23,26). The van der Waals surface area contributed by atoms with Gasteiger partial charge in [-0.25, -0.2) is 0 Å². The minimum Gasteiger partial charge on any atom is -0.379 e. The van der Waals surface area contributed by atoms with Crippen molar-refractivity contribution in [3.05, 3.63) is 0 Å². The van der Waals surface area contributed by atoms with Crippen LogP contribution in [-0.4, -0.2) is 55.8 Å². The highest BCUT2D eigenvalue weighted by Crippen LogP contribution is 2.24. The second-order valence-electron chi connectivity index (χ2n) is 7.63. The molecule has 0 aliphatic heterocycles. The van der Waals surface area contributed by atoms with Crippen LogP contribution in [0.3, 0.4) is 0 Å². The zero-order valence-corrected chi connectivity index (χ0v) is 17.3. The van der Waals surface area contributed by atoms with E-state index in [1.54, 1.807) is 20.8 Å². The van der Waals surface area contributed by atoms with Gasteiger partial charge in [-0.3, -0.25) is 19.2 Å². The molecular weight excluding hydrogens is 362 g/mol. The van der Waals surface area contributed by atoms with Crippen LogP contribution >= 0.6 is 0 Å². The van der Waals surface area contributed by atoms with Crippen LogP contribution in [0.2, 0.25) is 0 Å². The highest BCUT2D eigenvalue weighted by Gasteiger charge is 2.24. The fourth-order valence-electron chi connectivity index (χ4n) is 3.07. The zero-order chi connectivity index (χ0) is 20.9. The molecule has 1 aliphatic rings. The number of hydrogen-bond donors (Lipinski definition) is 3. The molecule has 0 aromatic rings. The van der Waals surface area contributed by atoms with Crippen LogP contribution in [0.1, 0.15) is 59.3 Å². The number of ether oxygens (including phenoxy) is 1. The number of carbonyl (C=O) groups is 4. The first-order chi connectivity index (χ1) is 13.3. The Morgan fingerprint density at radius 1 is 0.893 bits per heavy atom. The van der Waals surface area contributed by atoms with Crippen molar-refractivity contribution < 1.29 is 23.9 Å². The molecule has 1 saturated carbocycles. The number of amides is 3. The summed E-state index contributed by atoms with van der Waals surface area (Å²) in [5.74, 6) is 0.0389. The summed E-state index contributed by atoms with van der Waals surface area (Å²) in [5, 5.41) is 8.39. The van der Waals surface area contributed by atoms with Crippen LogP contribution in [0.25, 0.3) is 0 Å². The van der Waals surface area contributed by atoms with Gasteiger partial charge in [0.2, 0.25) is 17.7 Å². The van der Waals surface area contributed by atoms with Gasteiger partial charge in [0.25, 0.3) is 0 Å². The normalized spacial score (nSPS) is 19.1. The van der Waals surface area contributed by atoms with E-state index in [0.29, 0.717) is 26.3 Å². The largest absolute Gasteiger partial charge is 0.379 e. The fourth-order valence-corrected chi connectivity index (χ4v) is 3.07. The van der Waals surface area contributed by atoms with Crippen molar-refractivity contribution in [1.29, 1.82) is 0 Å². The highest BCUT2D eigenvalue weighted by atomic mass is 16.5. The third-order valence-corrected chi connectivity index (χ3v) is 4.88. The molecule has 0 radical (unpaired) electrons. The smallest absolute Gasteiger partial charge is 0.222 e. The summed E-state index contributed by atoms with van der Waals surface area (Å²) in [5.41, 5.74) is 0. The summed E-state index contributed by atoms with van der Waals surface area (Å²) >= 11 is 0. The van der Waals surface area contributed by atoms with Crippen molar-refractivity contribution in [3.8, 4) is 0 Å². The van der Waals surface area contributed by atoms with Crippen molar-refractivity contribution in [2.24, 2.45) is 11.8 Å². The van der Waals surface area contributed by atoms with E-state index in [1.807, 2.05) is 0 Å². The average molecular weight is 398 g/mol. The van der Waals surface area contributed by atoms with Crippen molar-refractivity contribution in [1.82, 2.24) is 16.0 Å². The summed E-state index contributed by atoms with van der Waals surface area (Å²) in [7, 11) is 0. The fraction of sp³-hybridized carbons (Fsp3) is 0.800. The van der Waals surface area contributed by atoms with E-state index in [-0.39, 0.29) is 54.2 Å². The van der Waals surface area contributed by atoms with E-state index in [9.17, 15) is 19.2 Å². The van der Waals surface area contributed by atoms with Gasteiger partial charge in [-0.05, 0) is 32.6 Å². The van der Waals surface area contributed by atoms with E-state index in [0.717, 1.165) is 25.7 Å². The highest BCUT2D eigenvalue weighted by molar-refractivity contribution is 5.80. The summed E-state index contributed by atoms with van der Waals surface area (Å²) in [6, 6.07) is 0.151. The number of ketones is 1. The van der Waals surface area contributed by atoms with Gasteiger partial charge >= 0.3 is 0 Å². The van der Waals surface area contributed by atoms with Crippen LogP contribution in [0.5, 0.6) is 0 Å². The first kappa shape index (κ1) is 24.1. The van der Waals surface area contributed by atoms with Gasteiger partial charge in [-0.1, -0.05) is 13.8 Å². The molecule has 0 bridgehead atoms. The Labute approximate surface area is 167 Å². The van der Waals surface area contributed by atoms with Crippen molar-refractivity contribution >= 4 is 23.5 Å². The second kappa shape index (κ2) is 13.3. The molecule has 1 rings (SSSR count). The average Bonchev–Trinajstić information content (AvgIpc) is 2.64. The quantitative estimate of drug-likeness (QED) is 0.424. The molecular formula is C20H35N3O5. The Bertz CT molecular complexity index is 528. The van der Waals surface area contributed by atoms with Crippen LogP contribution in [0.4, 0.5) is 0 Å². The van der Waals surface area contributed by atoms with Crippen LogP contribution in [0.15, 0.2) is 0 Å². The molecule has 8 nitrogen and oxygen atoms in total. The molecule has 0 heterocycles. The molecule has 0 spiro atoms. The van der Waals surface area contributed by atoms with E-state index < -0.39 is 0 Å². The molecule has 1 fully saturated rings. The van der Waals surface area contributed by atoms with Crippen LogP contribution in [-0.2, 0) is 23.9 Å². The predicted molar refractivity (Wildman–Crippen MR) is 105 cm³/mol. The zero-order valence-electron chi connectivity index (χ0n) is 17.3. The molecule has 3 amide bonds. The first-order valence-corrected chi connectivity index (χ1v) is 10.2. The SMILES string of the molecule is CC(=O)C1CCC(NC(=O)CCOCCNC(=O)CCNC(=O)C(C)C)CC1. The third kappa shape index (κ3) is 10.4. The van der Waals surface area contributed by atoms with E-state index in [1.165, 1.54) is 0 Å². The molecule has 0 aromatic carbocycles. The predicted octanol–water partition coefficient (Wildman–Crippen LogP) is 0.936. The summed E-state index contributed by atoms with van der Waals surface area (Å²) in [6.45, 7) is 6.55. The first-order valence-electron chi connectivity index (χ1n) is 10.2. The van der Waals surface area contributed by atoms with Gasteiger partial charge in [0, 0.05) is 43.8 Å². The lowest BCUT2D eigenvalue weighted by molar-refractivity contribution is -0.125. The number of Topliss-reactive ketones (excluding diaryl/α,β-unsaturated/α-hetero) is 1. The minimum atomic E-state index is -0.147. The van der Waals surface area contributed by atoms with E-state index in [2.05, 4.69) is 16.0 Å². The Morgan fingerprint density at radius 2 is 1.57 bits per heavy atom. The van der Waals surface area contributed by atoms with Gasteiger partial charge in [0.05, 0.1) is 13.2 Å². The van der Waals surface area contributed by atoms with Gasteiger partial charge in [0.1, 0.15) is 5.78 Å². The number of carbonyl (C=O) groups excluding carboxylic acids is 4. The van der Waals surface area contributed by atoms with Crippen molar-refractivity contribution in [2.45, 2.75) is 65.3 Å². The third-order valence-electron chi connectivity index (χ3n) is 4.88. The Hall–Kier alpha value is -1.96. The van der Waals surface area contributed by atoms with Crippen LogP contribution in [0, 0.1) is 11.8 Å². The molecule has 1 aliphatic carbocycles.